The predicted molar refractivity (Wildman–Crippen MR) is 71.7 cm³/mol. The first-order valence-electron chi connectivity index (χ1n) is 5.30. The molecule has 7 heteroatoms. The van der Waals surface area contributed by atoms with E-state index in [2.05, 4.69) is 5.32 Å². The van der Waals surface area contributed by atoms with E-state index in [0.29, 0.717) is 0 Å². The Balaban J connectivity index is 3.10. The smallest absolute Gasteiger partial charge is 0.262 e. The lowest BCUT2D eigenvalue weighted by atomic mass is 10.2. The van der Waals surface area contributed by atoms with Gasteiger partial charge in [-0.05, 0) is 31.5 Å². The van der Waals surface area contributed by atoms with Crippen LogP contribution in [0.15, 0.2) is 23.1 Å². The lowest BCUT2D eigenvalue weighted by Gasteiger charge is -2.12. The summed E-state index contributed by atoms with van der Waals surface area (Å²) in [5.74, 6) is -0.359. The van der Waals surface area contributed by atoms with Gasteiger partial charge in [-0.25, -0.2) is 8.42 Å². The summed E-state index contributed by atoms with van der Waals surface area (Å²) < 4.78 is 22.5. The van der Waals surface area contributed by atoms with Crippen LogP contribution in [-0.2, 0) is 9.05 Å². The van der Waals surface area contributed by atoms with Gasteiger partial charge in [-0.3, -0.25) is 4.79 Å². The topological polar surface area (TPSA) is 63.2 Å². The van der Waals surface area contributed by atoms with Crippen molar-refractivity contribution in [1.29, 1.82) is 0 Å². The highest BCUT2D eigenvalue weighted by atomic mass is 35.7. The van der Waals surface area contributed by atoms with Crippen molar-refractivity contribution in [3.05, 3.63) is 28.8 Å². The first-order chi connectivity index (χ1) is 8.25. The Morgan fingerprint density at radius 2 is 2.06 bits per heavy atom. The molecule has 0 spiro atoms. The zero-order valence-electron chi connectivity index (χ0n) is 9.91. The van der Waals surface area contributed by atoms with Crippen LogP contribution in [0.1, 0.15) is 30.6 Å². The molecule has 0 heterocycles. The SMILES string of the molecule is CCC(C)NC(=O)c1ccc(Cl)c(S(=O)(=O)Cl)c1. The molecule has 1 rings (SSSR count). The molecule has 0 saturated heterocycles. The van der Waals surface area contributed by atoms with Gasteiger partial charge in [-0.2, -0.15) is 0 Å². The number of hydrogen-bond donors (Lipinski definition) is 1. The molecule has 0 radical (unpaired) electrons. The molecule has 4 nitrogen and oxygen atoms in total. The van der Waals surface area contributed by atoms with Crippen molar-refractivity contribution < 1.29 is 13.2 Å². The summed E-state index contributed by atoms with van der Waals surface area (Å²) in [6.07, 6.45) is 0.778. The number of hydrogen-bond acceptors (Lipinski definition) is 3. The van der Waals surface area contributed by atoms with Crippen LogP contribution in [0.25, 0.3) is 0 Å². The fraction of sp³-hybridized carbons (Fsp3) is 0.364. The van der Waals surface area contributed by atoms with Gasteiger partial charge in [0.1, 0.15) is 4.90 Å². The average Bonchev–Trinajstić information content (AvgIpc) is 2.27. The second-order valence-corrected chi connectivity index (χ2v) is 6.81. The first kappa shape index (κ1) is 15.3. The molecule has 1 aromatic carbocycles. The van der Waals surface area contributed by atoms with E-state index in [0.717, 1.165) is 6.42 Å². The molecular weight excluding hydrogens is 297 g/mol. The van der Waals surface area contributed by atoms with Crippen molar-refractivity contribution in [2.75, 3.05) is 0 Å². The van der Waals surface area contributed by atoms with Crippen molar-refractivity contribution in [3.63, 3.8) is 0 Å². The van der Waals surface area contributed by atoms with Gasteiger partial charge in [0.15, 0.2) is 0 Å². The van der Waals surface area contributed by atoms with Crippen molar-refractivity contribution >= 4 is 37.2 Å². The quantitative estimate of drug-likeness (QED) is 0.870. The van der Waals surface area contributed by atoms with Gasteiger partial charge in [-0.1, -0.05) is 18.5 Å². The van der Waals surface area contributed by atoms with E-state index in [1.54, 1.807) is 0 Å². The third kappa shape index (κ3) is 3.86. The maximum absolute atomic E-state index is 11.8. The molecule has 1 N–H and O–H groups in total. The minimum Gasteiger partial charge on any atom is -0.350 e. The highest BCUT2D eigenvalue weighted by Gasteiger charge is 2.18. The molecular formula is C11H13Cl2NO3S. The number of benzene rings is 1. The summed E-state index contributed by atoms with van der Waals surface area (Å²) in [5.41, 5.74) is 0.207. The van der Waals surface area contributed by atoms with Crippen molar-refractivity contribution in [1.82, 2.24) is 5.32 Å². The molecule has 0 aliphatic heterocycles. The third-order valence-corrected chi connectivity index (χ3v) is 4.25. The van der Waals surface area contributed by atoms with E-state index in [9.17, 15) is 13.2 Å². The lowest BCUT2D eigenvalue weighted by molar-refractivity contribution is 0.0939. The Labute approximate surface area is 116 Å². The van der Waals surface area contributed by atoms with Crippen molar-refractivity contribution in [3.8, 4) is 0 Å². The fourth-order valence-corrected chi connectivity index (χ4v) is 2.73. The van der Waals surface area contributed by atoms with Gasteiger partial charge in [-0.15, -0.1) is 0 Å². The Morgan fingerprint density at radius 3 is 2.56 bits per heavy atom. The standard InChI is InChI=1S/C11H13Cl2NO3S/c1-3-7(2)14-11(15)8-4-5-9(12)10(6-8)18(13,16)17/h4-7H,3H2,1-2H3,(H,14,15). The third-order valence-electron chi connectivity index (χ3n) is 2.45. The van der Waals surface area contributed by atoms with Crippen LogP contribution in [0.3, 0.4) is 0 Å². The Morgan fingerprint density at radius 1 is 1.44 bits per heavy atom. The highest BCUT2D eigenvalue weighted by molar-refractivity contribution is 8.13. The Hall–Kier alpha value is -0.780. The van der Waals surface area contributed by atoms with Gasteiger partial charge >= 0.3 is 0 Å². The summed E-state index contributed by atoms with van der Waals surface area (Å²) in [6.45, 7) is 3.79. The minimum atomic E-state index is -3.96. The highest BCUT2D eigenvalue weighted by Crippen LogP contribution is 2.25. The average molecular weight is 310 g/mol. The molecule has 0 aliphatic carbocycles. The number of carbonyl (C=O) groups is 1. The maximum Gasteiger partial charge on any atom is 0.262 e. The summed E-state index contributed by atoms with van der Waals surface area (Å²) in [5, 5.41) is 2.71. The molecule has 100 valence electrons. The predicted octanol–water partition coefficient (Wildman–Crippen LogP) is 2.80. The van der Waals surface area contributed by atoms with Crippen LogP contribution < -0.4 is 5.32 Å². The second-order valence-electron chi connectivity index (χ2n) is 3.87. The normalized spacial score (nSPS) is 13.1. The van der Waals surface area contributed by atoms with E-state index in [4.69, 9.17) is 22.3 Å². The summed E-state index contributed by atoms with van der Waals surface area (Å²) in [6, 6.07) is 3.96. The number of carbonyl (C=O) groups excluding carboxylic acids is 1. The Bertz CT molecular complexity index is 557. The number of amides is 1. The van der Waals surface area contributed by atoms with Gasteiger partial charge in [0.25, 0.3) is 15.0 Å². The van der Waals surface area contributed by atoms with Crippen LogP contribution in [0, 0.1) is 0 Å². The van der Waals surface area contributed by atoms with E-state index < -0.39 is 9.05 Å². The van der Waals surface area contributed by atoms with Gasteiger partial charge in [0.2, 0.25) is 0 Å². The van der Waals surface area contributed by atoms with Crippen LogP contribution in [0.2, 0.25) is 5.02 Å². The van der Waals surface area contributed by atoms with Crippen LogP contribution in [0.5, 0.6) is 0 Å². The second kappa shape index (κ2) is 5.91. The molecule has 1 atom stereocenters. The molecule has 0 aliphatic rings. The van der Waals surface area contributed by atoms with Crippen LogP contribution in [-0.4, -0.2) is 20.4 Å². The number of nitrogens with one attached hydrogen (secondary N) is 1. The van der Waals surface area contributed by atoms with Crippen LogP contribution in [0.4, 0.5) is 0 Å². The number of rotatable bonds is 4. The summed E-state index contributed by atoms with van der Waals surface area (Å²) in [7, 11) is 1.27. The Kier molecular flexibility index (Phi) is 5.01. The van der Waals surface area contributed by atoms with Gasteiger partial charge in [0, 0.05) is 22.3 Å². The molecule has 0 fully saturated rings. The van der Waals surface area contributed by atoms with E-state index in [1.807, 2.05) is 13.8 Å². The molecule has 1 unspecified atom stereocenters. The minimum absolute atomic E-state index is 0.00392. The first-order valence-corrected chi connectivity index (χ1v) is 7.99. The molecule has 18 heavy (non-hydrogen) atoms. The molecule has 1 aromatic rings. The fourth-order valence-electron chi connectivity index (χ4n) is 1.24. The van der Waals surface area contributed by atoms with Crippen molar-refractivity contribution in [2.24, 2.45) is 0 Å². The van der Waals surface area contributed by atoms with E-state index in [-0.39, 0.29) is 27.4 Å². The van der Waals surface area contributed by atoms with Crippen molar-refractivity contribution in [2.45, 2.75) is 31.2 Å². The molecule has 0 aromatic heterocycles. The molecule has 0 bridgehead atoms. The zero-order valence-corrected chi connectivity index (χ0v) is 12.2. The maximum atomic E-state index is 11.8. The van der Waals surface area contributed by atoms with E-state index in [1.165, 1.54) is 18.2 Å². The number of halogens is 2. The molecule has 0 saturated carbocycles. The largest absolute Gasteiger partial charge is 0.350 e. The van der Waals surface area contributed by atoms with Crippen LogP contribution >= 0.6 is 22.3 Å². The van der Waals surface area contributed by atoms with E-state index >= 15 is 0 Å². The van der Waals surface area contributed by atoms with Gasteiger partial charge in [0.05, 0.1) is 5.02 Å². The monoisotopic (exact) mass is 309 g/mol. The molecule has 1 amide bonds. The van der Waals surface area contributed by atoms with Gasteiger partial charge < -0.3 is 5.32 Å². The summed E-state index contributed by atoms with van der Waals surface area (Å²) >= 11 is 5.72. The zero-order chi connectivity index (χ0) is 13.9. The summed E-state index contributed by atoms with van der Waals surface area (Å²) in [4.78, 5) is 11.6. The lowest BCUT2D eigenvalue weighted by Crippen LogP contribution is -2.31.